The van der Waals surface area contributed by atoms with Crippen LogP contribution < -0.4 is 16.2 Å². The molecule has 2 N–H and O–H groups in total. The number of aromatic nitrogens is 1. The van der Waals surface area contributed by atoms with Gasteiger partial charge in [-0.05, 0) is 36.6 Å². The fourth-order valence-corrected chi connectivity index (χ4v) is 4.67. The van der Waals surface area contributed by atoms with E-state index >= 15 is 0 Å². The van der Waals surface area contributed by atoms with E-state index in [1.54, 1.807) is 24.3 Å². The van der Waals surface area contributed by atoms with Crippen LogP contribution in [0.3, 0.4) is 0 Å². The van der Waals surface area contributed by atoms with Gasteiger partial charge >= 0.3 is 0 Å². The van der Waals surface area contributed by atoms with Crippen molar-refractivity contribution < 1.29 is 4.42 Å². The summed E-state index contributed by atoms with van der Waals surface area (Å²) >= 11 is 0. The van der Waals surface area contributed by atoms with Crippen LogP contribution in [0.25, 0.3) is 43.7 Å². The monoisotopic (exact) mass is 446 g/mol. The van der Waals surface area contributed by atoms with Gasteiger partial charge < -0.3 is 14.7 Å². The quantitative estimate of drug-likeness (QED) is 0.261. The molecule has 0 unspecified atom stereocenters. The Morgan fingerprint density at radius 2 is 1.50 bits per heavy atom. The van der Waals surface area contributed by atoms with Crippen molar-refractivity contribution in [3.05, 3.63) is 110 Å². The second-order valence-corrected chi connectivity index (χ2v) is 8.64. The molecule has 6 rings (SSSR count). The first-order chi connectivity index (χ1) is 16.6. The van der Waals surface area contributed by atoms with Crippen molar-refractivity contribution in [3.8, 4) is 0 Å². The van der Waals surface area contributed by atoms with Gasteiger partial charge in [-0.1, -0.05) is 60.7 Å². The highest BCUT2D eigenvalue weighted by molar-refractivity contribution is 6.14. The second-order valence-electron chi connectivity index (χ2n) is 8.64. The third kappa shape index (κ3) is 3.25. The summed E-state index contributed by atoms with van der Waals surface area (Å²) in [6.45, 7) is 2.61. The van der Waals surface area contributed by atoms with Crippen molar-refractivity contribution in [1.82, 2.24) is 4.98 Å². The number of fused-ring (bicyclic) bond motifs is 5. The van der Waals surface area contributed by atoms with E-state index in [0.29, 0.717) is 50.5 Å². The third-order valence-electron chi connectivity index (χ3n) is 6.35. The van der Waals surface area contributed by atoms with Crippen LogP contribution in [0.5, 0.6) is 0 Å². The van der Waals surface area contributed by atoms with Gasteiger partial charge in [0, 0.05) is 29.1 Å². The van der Waals surface area contributed by atoms with Crippen LogP contribution in [-0.4, -0.2) is 11.5 Å². The maximum absolute atomic E-state index is 13.7. The smallest absolute Gasteiger partial charge is 0.196 e. The largest absolute Gasteiger partial charge is 0.453 e. The molecule has 0 saturated carbocycles. The summed E-state index contributed by atoms with van der Waals surface area (Å²) in [5.41, 5.74) is 5.05. The van der Waals surface area contributed by atoms with Crippen LogP contribution >= 0.6 is 0 Å². The highest BCUT2D eigenvalue weighted by Crippen LogP contribution is 2.31. The van der Waals surface area contributed by atoms with Gasteiger partial charge in [0.2, 0.25) is 0 Å². The predicted molar refractivity (Wildman–Crippen MR) is 139 cm³/mol. The third-order valence-corrected chi connectivity index (χ3v) is 6.35. The Morgan fingerprint density at radius 1 is 0.794 bits per heavy atom. The molecule has 5 nitrogen and oxygen atoms in total. The van der Waals surface area contributed by atoms with Crippen LogP contribution in [0.15, 0.2) is 92.9 Å². The molecule has 0 spiro atoms. The molecule has 6 aromatic rings. The first-order valence-corrected chi connectivity index (χ1v) is 11.3. The molecule has 0 aliphatic rings. The number of H-pyrrole nitrogens is 1. The Labute approximate surface area is 194 Å². The molecule has 0 radical (unpaired) electrons. The number of anilines is 1. The Hall–Kier alpha value is -4.38. The van der Waals surface area contributed by atoms with Crippen molar-refractivity contribution in [2.24, 2.45) is 0 Å². The zero-order valence-electron chi connectivity index (χ0n) is 18.6. The van der Waals surface area contributed by atoms with E-state index in [1.807, 2.05) is 49.4 Å². The number of hydrogen-bond acceptors (Lipinski definition) is 4. The van der Waals surface area contributed by atoms with E-state index < -0.39 is 0 Å². The van der Waals surface area contributed by atoms with Gasteiger partial charge in [-0.15, -0.1) is 0 Å². The van der Waals surface area contributed by atoms with Crippen LogP contribution in [0, 0.1) is 6.92 Å². The summed E-state index contributed by atoms with van der Waals surface area (Å²) in [5.74, 6) is 0. The van der Waals surface area contributed by atoms with Gasteiger partial charge in [0.15, 0.2) is 22.0 Å². The molecular formula is C29H22N2O3. The van der Waals surface area contributed by atoms with E-state index in [4.69, 9.17) is 4.42 Å². The average molecular weight is 447 g/mol. The SMILES string of the molecule is Cc1ccc2[nH]c3c(cc(NCCc4ccccc4)c4c(=O)c5ccccc5c(=O)c43)oc2c1. The molecular weight excluding hydrogens is 424 g/mol. The molecule has 166 valence electrons. The first kappa shape index (κ1) is 20.2. The summed E-state index contributed by atoms with van der Waals surface area (Å²) < 4.78 is 6.24. The lowest BCUT2D eigenvalue weighted by molar-refractivity contribution is 0.657. The maximum atomic E-state index is 13.7. The molecule has 34 heavy (non-hydrogen) atoms. The fourth-order valence-electron chi connectivity index (χ4n) is 4.67. The van der Waals surface area contributed by atoms with Crippen molar-refractivity contribution >= 4 is 49.4 Å². The topological polar surface area (TPSA) is 75.1 Å². The lowest BCUT2D eigenvalue weighted by atomic mass is 9.99. The van der Waals surface area contributed by atoms with E-state index in [-0.39, 0.29) is 10.9 Å². The molecule has 5 heteroatoms. The summed E-state index contributed by atoms with van der Waals surface area (Å²) in [4.78, 5) is 30.6. The van der Waals surface area contributed by atoms with Crippen LogP contribution in [0.4, 0.5) is 5.69 Å². The minimum atomic E-state index is -0.181. The minimum absolute atomic E-state index is 0.160. The molecule has 0 saturated heterocycles. The second kappa shape index (κ2) is 7.89. The van der Waals surface area contributed by atoms with E-state index in [0.717, 1.165) is 17.5 Å². The van der Waals surface area contributed by atoms with Crippen LogP contribution in [0.2, 0.25) is 0 Å². The molecule has 0 aliphatic heterocycles. The van der Waals surface area contributed by atoms with Crippen molar-refractivity contribution in [2.75, 3.05) is 11.9 Å². The zero-order valence-corrected chi connectivity index (χ0v) is 18.6. The molecule has 0 aliphatic carbocycles. The number of benzene rings is 5. The number of nitrogens with one attached hydrogen (secondary N) is 2. The maximum Gasteiger partial charge on any atom is 0.196 e. The molecule has 0 fully saturated rings. The van der Waals surface area contributed by atoms with Crippen molar-refractivity contribution in [2.45, 2.75) is 13.3 Å². The van der Waals surface area contributed by atoms with Crippen LogP contribution in [-0.2, 0) is 6.42 Å². The van der Waals surface area contributed by atoms with E-state index in [9.17, 15) is 9.59 Å². The number of aryl methyl sites for hydroxylation is 1. The number of hydrogen-bond donors (Lipinski definition) is 2. The molecule has 0 amide bonds. The predicted octanol–water partition coefficient (Wildman–Crippen LogP) is 5.90. The lowest BCUT2D eigenvalue weighted by Gasteiger charge is -2.13. The summed E-state index contributed by atoms with van der Waals surface area (Å²) in [6.07, 6.45) is 0.784. The zero-order chi connectivity index (χ0) is 23.2. The number of aromatic amines is 1. The lowest BCUT2D eigenvalue weighted by Crippen LogP contribution is -2.16. The van der Waals surface area contributed by atoms with E-state index in [2.05, 4.69) is 22.4 Å². The van der Waals surface area contributed by atoms with Gasteiger partial charge in [0.05, 0.1) is 21.8 Å². The fraction of sp³-hybridized carbons (Fsp3) is 0.103. The van der Waals surface area contributed by atoms with Crippen LogP contribution in [0.1, 0.15) is 11.1 Å². The van der Waals surface area contributed by atoms with Gasteiger partial charge in [-0.25, -0.2) is 0 Å². The number of rotatable bonds is 4. The van der Waals surface area contributed by atoms with Gasteiger partial charge in [-0.2, -0.15) is 0 Å². The average Bonchev–Trinajstić information content (AvgIpc) is 2.86. The Bertz CT molecular complexity index is 1830. The molecule has 0 bridgehead atoms. The Balaban J connectivity index is 1.64. The van der Waals surface area contributed by atoms with Gasteiger partial charge in [0.25, 0.3) is 0 Å². The molecule has 0 atom stereocenters. The minimum Gasteiger partial charge on any atom is -0.453 e. The normalized spacial score (nSPS) is 11.6. The molecule has 1 aromatic heterocycles. The molecule has 1 heterocycles. The van der Waals surface area contributed by atoms with E-state index in [1.165, 1.54) is 5.56 Å². The van der Waals surface area contributed by atoms with Crippen molar-refractivity contribution in [1.29, 1.82) is 0 Å². The first-order valence-electron chi connectivity index (χ1n) is 11.3. The van der Waals surface area contributed by atoms with Gasteiger partial charge in [0.1, 0.15) is 0 Å². The molecule has 5 aromatic carbocycles. The highest BCUT2D eigenvalue weighted by Gasteiger charge is 2.19. The Kier molecular flexibility index (Phi) is 4.69. The van der Waals surface area contributed by atoms with Gasteiger partial charge in [-0.3, -0.25) is 9.59 Å². The standard InChI is InChI=1S/C29H22N2O3/c1-17-11-12-21-23(15-17)34-24-16-22(30-14-13-18-7-3-2-4-8-18)25-26(27(24)31-21)29(33)20-10-6-5-9-19(20)28(25)32/h2-12,15-16,30-31H,13-14H2,1H3. The van der Waals surface area contributed by atoms with Crippen molar-refractivity contribution in [3.63, 3.8) is 0 Å². The Morgan fingerprint density at radius 3 is 2.26 bits per heavy atom. The summed E-state index contributed by atoms with van der Waals surface area (Å²) in [5, 5.41) is 5.00. The highest BCUT2D eigenvalue weighted by atomic mass is 16.3. The summed E-state index contributed by atoms with van der Waals surface area (Å²) in [6, 6.07) is 24.8. The summed E-state index contributed by atoms with van der Waals surface area (Å²) in [7, 11) is 0.